The number of anilines is 2. The summed E-state index contributed by atoms with van der Waals surface area (Å²) in [6.45, 7) is 3.32. The molecule has 1 aliphatic heterocycles. The third-order valence-corrected chi connectivity index (χ3v) is 6.65. The van der Waals surface area contributed by atoms with Crippen LogP contribution in [0.15, 0.2) is 53.7 Å². The molecule has 0 saturated carbocycles. The van der Waals surface area contributed by atoms with Crippen molar-refractivity contribution in [2.45, 2.75) is 24.7 Å². The maximum atomic E-state index is 13.1. The molecular formula is C20H22N4O3S. The molecule has 146 valence electrons. The molecule has 7 nitrogen and oxygen atoms in total. The Morgan fingerprint density at radius 1 is 1.11 bits per heavy atom. The molecule has 28 heavy (non-hydrogen) atoms. The largest absolute Gasteiger partial charge is 0.492 e. The SMILES string of the molecule is CCOc1ccc(Nc2ncnc3ccccc23)cc1S(=O)(=O)N1CCCC1. The highest BCUT2D eigenvalue weighted by molar-refractivity contribution is 7.89. The van der Waals surface area contributed by atoms with Crippen molar-refractivity contribution < 1.29 is 13.2 Å². The Balaban J connectivity index is 1.74. The van der Waals surface area contributed by atoms with Crippen LogP contribution < -0.4 is 10.1 Å². The van der Waals surface area contributed by atoms with E-state index in [1.807, 2.05) is 31.2 Å². The highest BCUT2D eigenvalue weighted by Gasteiger charge is 2.30. The minimum atomic E-state index is -3.61. The molecule has 4 rings (SSSR count). The summed E-state index contributed by atoms with van der Waals surface area (Å²) in [5.41, 5.74) is 1.45. The summed E-state index contributed by atoms with van der Waals surface area (Å²) in [6, 6.07) is 12.8. The van der Waals surface area contributed by atoms with Crippen molar-refractivity contribution in [1.82, 2.24) is 14.3 Å². The summed E-state index contributed by atoms with van der Waals surface area (Å²) < 4.78 is 33.4. The average Bonchev–Trinajstić information content (AvgIpc) is 3.25. The molecule has 1 aromatic heterocycles. The van der Waals surface area contributed by atoms with Gasteiger partial charge in [-0.15, -0.1) is 0 Å². The summed E-state index contributed by atoms with van der Waals surface area (Å²) in [6.07, 6.45) is 3.25. The molecule has 0 bridgehead atoms. The monoisotopic (exact) mass is 398 g/mol. The van der Waals surface area contributed by atoms with Gasteiger partial charge in [0.1, 0.15) is 22.8 Å². The standard InChI is InChI=1S/C20H22N4O3S/c1-2-27-18-10-9-15(13-19(18)28(25,26)24-11-5-6-12-24)23-20-16-7-3-4-8-17(16)21-14-22-20/h3-4,7-10,13-14H,2,5-6,11-12H2,1H3,(H,21,22,23). The van der Waals surface area contributed by atoms with Crippen molar-refractivity contribution in [1.29, 1.82) is 0 Å². The van der Waals surface area contributed by atoms with Gasteiger partial charge in [0.15, 0.2) is 0 Å². The van der Waals surface area contributed by atoms with Crippen molar-refractivity contribution in [3.8, 4) is 5.75 Å². The van der Waals surface area contributed by atoms with Gasteiger partial charge in [0.2, 0.25) is 10.0 Å². The Morgan fingerprint density at radius 3 is 2.68 bits per heavy atom. The van der Waals surface area contributed by atoms with Crippen LogP contribution in [0.1, 0.15) is 19.8 Å². The second kappa shape index (κ2) is 7.73. The number of nitrogens with one attached hydrogen (secondary N) is 1. The van der Waals surface area contributed by atoms with E-state index in [1.54, 1.807) is 18.2 Å². The first-order valence-electron chi connectivity index (χ1n) is 9.33. The Kier molecular flexibility index (Phi) is 5.15. The number of nitrogens with zero attached hydrogens (tertiary/aromatic N) is 3. The number of hydrogen-bond acceptors (Lipinski definition) is 6. The zero-order valence-electron chi connectivity index (χ0n) is 15.6. The van der Waals surface area contributed by atoms with Gasteiger partial charge in [0.25, 0.3) is 0 Å². The number of rotatable bonds is 6. The third-order valence-electron chi connectivity index (χ3n) is 4.73. The lowest BCUT2D eigenvalue weighted by Crippen LogP contribution is -2.28. The van der Waals surface area contributed by atoms with E-state index in [1.165, 1.54) is 10.6 Å². The fraction of sp³-hybridized carbons (Fsp3) is 0.300. The molecule has 0 unspecified atom stereocenters. The molecule has 0 atom stereocenters. The topological polar surface area (TPSA) is 84.4 Å². The lowest BCUT2D eigenvalue weighted by Gasteiger charge is -2.19. The maximum Gasteiger partial charge on any atom is 0.246 e. The van der Waals surface area contributed by atoms with Crippen molar-refractivity contribution in [2.75, 3.05) is 25.0 Å². The minimum absolute atomic E-state index is 0.180. The molecule has 1 N–H and O–H groups in total. The smallest absolute Gasteiger partial charge is 0.246 e. The molecule has 2 heterocycles. The van der Waals surface area contributed by atoms with Crippen LogP contribution in [0.2, 0.25) is 0 Å². The van der Waals surface area contributed by atoms with E-state index in [9.17, 15) is 8.42 Å². The van der Waals surface area contributed by atoms with Gasteiger partial charge in [-0.05, 0) is 50.1 Å². The van der Waals surface area contributed by atoms with Crippen LogP contribution in [0, 0.1) is 0 Å². The van der Waals surface area contributed by atoms with Crippen molar-refractivity contribution in [3.05, 3.63) is 48.8 Å². The van der Waals surface area contributed by atoms with E-state index in [2.05, 4.69) is 15.3 Å². The van der Waals surface area contributed by atoms with Gasteiger partial charge < -0.3 is 10.1 Å². The van der Waals surface area contributed by atoms with Crippen LogP contribution in [-0.4, -0.2) is 42.4 Å². The number of para-hydroxylation sites is 1. The highest BCUT2D eigenvalue weighted by atomic mass is 32.2. The van der Waals surface area contributed by atoms with Crippen LogP contribution in [0.3, 0.4) is 0 Å². The molecule has 0 radical (unpaired) electrons. The normalized spacial score (nSPS) is 15.0. The molecule has 0 amide bonds. The van der Waals surface area contributed by atoms with Crippen LogP contribution in [-0.2, 0) is 10.0 Å². The molecule has 1 fully saturated rings. The number of aromatic nitrogens is 2. The Bertz CT molecular complexity index is 1090. The number of sulfonamides is 1. The Hall–Kier alpha value is -2.71. The molecule has 1 saturated heterocycles. The fourth-order valence-corrected chi connectivity index (χ4v) is 5.05. The van der Waals surface area contributed by atoms with Gasteiger partial charge in [-0.2, -0.15) is 4.31 Å². The summed E-state index contributed by atoms with van der Waals surface area (Å²) in [5, 5.41) is 4.09. The van der Waals surface area contributed by atoms with Crippen LogP contribution >= 0.6 is 0 Å². The van der Waals surface area contributed by atoms with Gasteiger partial charge >= 0.3 is 0 Å². The van der Waals surface area contributed by atoms with Crippen molar-refractivity contribution in [3.63, 3.8) is 0 Å². The zero-order chi connectivity index (χ0) is 19.6. The van der Waals surface area contributed by atoms with Crippen molar-refractivity contribution >= 4 is 32.4 Å². The molecule has 0 aliphatic carbocycles. The molecule has 3 aromatic rings. The first-order chi connectivity index (χ1) is 13.6. The van der Waals surface area contributed by atoms with Gasteiger partial charge in [-0.3, -0.25) is 0 Å². The van der Waals surface area contributed by atoms with E-state index in [0.29, 0.717) is 37.0 Å². The number of fused-ring (bicyclic) bond motifs is 1. The quantitative estimate of drug-likeness (QED) is 0.683. The van der Waals surface area contributed by atoms with Crippen LogP contribution in [0.25, 0.3) is 10.9 Å². The number of benzene rings is 2. The lowest BCUT2D eigenvalue weighted by molar-refractivity contribution is 0.330. The maximum absolute atomic E-state index is 13.1. The Labute approximate surface area is 164 Å². The molecule has 8 heteroatoms. The second-order valence-electron chi connectivity index (χ2n) is 6.57. The molecule has 2 aromatic carbocycles. The van der Waals surface area contributed by atoms with Crippen molar-refractivity contribution in [2.24, 2.45) is 0 Å². The van der Waals surface area contributed by atoms with E-state index in [-0.39, 0.29) is 4.90 Å². The lowest BCUT2D eigenvalue weighted by atomic mass is 10.2. The van der Waals surface area contributed by atoms with Gasteiger partial charge in [-0.1, -0.05) is 12.1 Å². The molecule has 1 aliphatic rings. The predicted molar refractivity (Wildman–Crippen MR) is 108 cm³/mol. The summed E-state index contributed by atoms with van der Waals surface area (Å²) in [5.74, 6) is 0.992. The summed E-state index contributed by atoms with van der Waals surface area (Å²) in [7, 11) is -3.61. The highest BCUT2D eigenvalue weighted by Crippen LogP contribution is 2.33. The van der Waals surface area contributed by atoms with Crippen LogP contribution in [0.4, 0.5) is 11.5 Å². The van der Waals surface area contributed by atoms with Gasteiger partial charge in [0.05, 0.1) is 12.1 Å². The third kappa shape index (κ3) is 3.53. The number of ether oxygens (including phenoxy) is 1. The number of hydrogen-bond donors (Lipinski definition) is 1. The second-order valence-corrected chi connectivity index (χ2v) is 8.48. The van der Waals surface area contributed by atoms with Gasteiger partial charge in [0, 0.05) is 24.2 Å². The molecule has 0 spiro atoms. The van der Waals surface area contributed by atoms with Crippen LogP contribution in [0.5, 0.6) is 5.75 Å². The molecular weight excluding hydrogens is 376 g/mol. The first kappa shape index (κ1) is 18.6. The van der Waals surface area contributed by atoms with E-state index >= 15 is 0 Å². The van der Waals surface area contributed by atoms with E-state index < -0.39 is 10.0 Å². The van der Waals surface area contributed by atoms with E-state index in [4.69, 9.17) is 4.74 Å². The van der Waals surface area contributed by atoms with E-state index in [0.717, 1.165) is 23.7 Å². The average molecular weight is 398 g/mol. The Morgan fingerprint density at radius 2 is 1.89 bits per heavy atom. The first-order valence-corrected chi connectivity index (χ1v) is 10.8. The van der Waals surface area contributed by atoms with Gasteiger partial charge in [-0.25, -0.2) is 18.4 Å². The summed E-state index contributed by atoms with van der Waals surface area (Å²) in [4.78, 5) is 8.75. The fourth-order valence-electron chi connectivity index (χ4n) is 3.37. The minimum Gasteiger partial charge on any atom is -0.492 e. The predicted octanol–water partition coefficient (Wildman–Crippen LogP) is 3.56. The zero-order valence-corrected chi connectivity index (χ0v) is 16.4. The summed E-state index contributed by atoms with van der Waals surface area (Å²) >= 11 is 0.